The SMILES string of the molecule is FOC(CCCBr)(OF)OF. The highest BCUT2D eigenvalue weighted by Gasteiger charge is 2.38. The lowest BCUT2D eigenvalue weighted by molar-refractivity contribution is -0.549. The highest BCUT2D eigenvalue weighted by Crippen LogP contribution is 2.23. The van der Waals surface area contributed by atoms with Crippen molar-refractivity contribution in [2.24, 2.45) is 0 Å². The van der Waals surface area contributed by atoms with E-state index in [1.54, 1.807) is 0 Å². The summed E-state index contributed by atoms with van der Waals surface area (Å²) < 4.78 is 34.2. The summed E-state index contributed by atoms with van der Waals surface area (Å²) in [5.41, 5.74) is 0. The lowest BCUT2D eigenvalue weighted by atomic mass is 10.3. The maximum atomic E-state index is 11.4. The van der Waals surface area contributed by atoms with Gasteiger partial charge in [0.1, 0.15) is 0 Å². The second-order valence-electron chi connectivity index (χ2n) is 1.71. The van der Waals surface area contributed by atoms with Crippen LogP contribution in [0.1, 0.15) is 12.8 Å². The van der Waals surface area contributed by atoms with Crippen molar-refractivity contribution in [2.75, 3.05) is 5.33 Å². The lowest BCUT2D eigenvalue weighted by Crippen LogP contribution is -2.31. The fraction of sp³-hybridized carbons (Fsp3) is 1.00. The van der Waals surface area contributed by atoms with Crippen LogP contribution < -0.4 is 0 Å². The molecule has 0 amide bonds. The van der Waals surface area contributed by atoms with Crippen molar-refractivity contribution in [1.82, 2.24) is 0 Å². The van der Waals surface area contributed by atoms with Crippen molar-refractivity contribution in [3.63, 3.8) is 0 Å². The molecule has 0 saturated heterocycles. The van der Waals surface area contributed by atoms with Crippen molar-refractivity contribution >= 4 is 15.9 Å². The summed E-state index contributed by atoms with van der Waals surface area (Å²) in [5, 5.41) is 0.421. The zero-order valence-corrected chi connectivity index (χ0v) is 6.94. The summed E-state index contributed by atoms with van der Waals surface area (Å²) in [6, 6.07) is 0. The summed E-state index contributed by atoms with van der Waals surface area (Å²) in [4.78, 5) is 8.47. The molecule has 0 aromatic carbocycles. The Kier molecular flexibility index (Phi) is 5.83. The minimum Gasteiger partial charge on any atom is -0.123 e. The van der Waals surface area contributed by atoms with Gasteiger partial charge in [-0.3, -0.25) is 0 Å². The molecule has 0 heterocycles. The molecular weight excluding hydrogens is 233 g/mol. The molecule has 7 heteroatoms. The van der Waals surface area contributed by atoms with Gasteiger partial charge in [0.05, 0.1) is 0 Å². The fourth-order valence-electron chi connectivity index (χ4n) is 0.435. The largest absolute Gasteiger partial charge is 0.380 e. The topological polar surface area (TPSA) is 27.7 Å². The van der Waals surface area contributed by atoms with Gasteiger partial charge in [-0.15, -0.1) is 14.8 Å². The van der Waals surface area contributed by atoms with E-state index in [4.69, 9.17) is 0 Å². The smallest absolute Gasteiger partial charge is 0.123 e. The van der Waals surface area contributed by atoms with Crippen LogP contribution in [0.4, 0.5) is 13.6 Å². The monoisotopic (exact) mass is 238 g/mol. The predicted octanol–water partition coefficient (Wildman–Crippen LogP) is 2.52. The summed E-state index contributed by atoms with van der Waals surface area (Å²) in [6.07, 6.45) is -0.167. The molecule has 0 aliphatic heterocycles. The van der Waals surface area contributed by atoms with Gasteiger partial charge in [-0.25, -0.2) is 0 Å². The number of hydrogen-bond donors (Lipinski definition) is 0. The number of hydrogen-bond acceptors (Lipinski definition) is 3. The van der Waals surface area contributed by atoms with E-state index < -0.39 is 12.4 Å². The summed E-state index contributed by atoms with van der Waals surface area (Å²) in [6.45, 7) is 0. The second-order valence-corrected chi connectivity index (χ2v) is 2.50. The molecule has 0 aromatic heterocycles. The van der Waals surface area contributed by atoms with E-state index in [1.165, 1.54) is 0 Å². The van der Waals surface area contributed by atoms with E-state index >= 15 is 0 Å². The van der Waals surface area contributed by atoms with Crippen LogP contribution in [0.5, 0.6) is 0 Å². The molecule has 68 valence electrons. The molecule has 0 saturated carbocycles. The number of alkyl halides is 1. The Balaban J connectivity index is 3.84. The Bertz CT molecular complexity index is 92.3. The molecule has 0 aliphatic carbocycles. The molecule has 0 fully saturated rings. The molecule has 0 radical (unpaired) electrons. The Labute approximate surface area is 69.2 Å². The van der Waals surface area contributed by atoms with Crippen LogP contribution in [-0.2, 0) is 14.8 Å². The predicted molar refractivity (Wildman–Crippen MR) is 32.3 cm³/mol. The molecule has 0 N–H and O–H groups in total. The second kappa shape index (κ2) is 5.76. The molecule has 0 unspecified atom stereocenters. The Morgan fingerprint density at radius 2 is 1.55 bits per heavy atom. The van der Waals surface area contributed by atoms with Crippen LogP contribution >= 0.6 is 15.9 Å². The first kappa shape index (κ1) is 11.2. The van der Waals surface area contributed by atoms with Crippen LogP contribution in [-0.4, -0.2) is 11.3 Å². The van der Waals surface area contributed by atoms with Crippen LogP contribution in [0.2, 0.25) is 0 Å². The zero-order chi connectivity index (χ0) is 8.74. The van der Waals surface area contributed by atoms with Crippen LogP contribution in [0.25, 0.3) is 0 Å². The van der Waals surface area contributed by atoms with E-state index in [0.717, 1.165) is 0 Å². The molecule has 0 aromatic rings. The standard InChI is InChI=1S/C4H6BrF3O3/c5-3-1-2-4(9-6,10-7)11-8/h1-3H2. The van der Waals surface area contributed by atoms with E-state index in [1.807, 2.05) is 0 Å². The van der Waals surface area contributed by atoms with Crippen molar-refractivity contribution in [1.29, 1.82) is 0 Å². The average molecular weight is 239 g/mol. The van der Waals surface area contributed by atoms with E-state index in [9.17, 15) is 13.6 Å². The minimum absolute atomic E-state index is 0.234. The summed E-state index contributed by atoms with van der Waals surface area (Å²) >= 11 is 2.96. The summed E-state index contributed by atoms with van der Waals surface area (Å²) in [5.74, 6) is -2.85. The van der Waals surface area contributed by atoms with Crippen molar-refractivity contribution in [3.05, 3.63) is 0 Å². The maximum Gasteiger partial charge on any atom is 0.380 e. The van der Waals surface area contributed by atoms with Crippen LogP contribution in [0.3, 0.4) is 0 Å². The molecule has 0 bridgehead atoms. The third-order valence-electron chi connectivity index (χ3n) is 0.969. The van der Waals surface area contributed by atoms with Crippen molar-refractivity contribution in [3.8, 4) is 0 Å². The number of halogens is 4. The molecule has 3 nitrogen and oxygen atoms in total. The molecule has 11 heavy (non-hydrogen) atoms. The fourth-order valence-corrected chi connectivity index (χ4v) is 0.715. The Morgan fingerprint density at radius 1 is 1.09 bits per heavy atom. The van der Waals surface area contributed by atoms with E-state index in [0.29, 0.717) is 5.33 Å². The van der Waals surface area contributed by atoms with Gasteiger partial charge < -0.3 is 0 Å². The van der Waals surface area contributed by atoms with E-state index in [2.05, 4.69) is 30.8 Å². The third kappa shape index (κ3) is 3.37. The minimum atomic E-state index is -2.85. The van der Waals surface area contributed by atoms with Crippen molar-refractivity contribution in [2.45, 2.75) is 18.8 Å². The molecule has 0 aliphatic rings. The first-order valence-corrected chi connectivity index (χ1v) is 3.82. The zero-order valence-electron chi connectivity index (χ0n) is 5.36. The van der Waals surface area contributed by atoms with E-state index in [-0.39, 0.29) is 6.42 Å². The van der Waals surface area contributed by atoms with Gasteiger partial charge in [-0.05, 0) is 20.0 Å². The highest BCUT2D eigenvalue weighted by molar-refractivity contribution is 9.09. The molecular formula is C4H6BrF3O3. The Morgan fingerprint density at radius 3 is 1.82 bits per heavy atom. The van der Waals surface area contributed by atoms with Crippen LogP contribution in [0, 0.1) is 0 Å². The van der Waals surface area contributed by atoms with Gasteiger partial charge in [-0.2, -0.15) is 0 Å². The average Bonchev–Trinajstić information content (AvgIpc) is 2.08. The van der Waals surface area contributed by atoms with Crippen LogP contribution in [0.15, 0.2) is 0 Å². The number of rotatable bonds is 6. The van der Waals surface area contributed by atoms with Gasteiger partial charge in [-0.1, -0.05) is 15.9 Å². The Hall–Kier alpha value is 0.150. The van der Waals surface area contributed by atoms with Gasteiger partial charge in [0, 0.05) is 11.8 Å². The lowest BCUT2D eigenvalue weighted by Gasteiger charge is -2.17. The third-order valence-corrected chi connectivity index (χ3v) is 1.53. The normalized spacial score (nSPS) is 12.0. The maximum absolute atomic E-state index is 11.4. The van der Waals surface area contributed by atoms with Gasteiger partial charge in [0.2, 0.25) is 0 Å². The quantitative estimate of drug-likeness (QED) is 0.526. The first-order chi connectivity index (χ1) is 5.24. The van der Waals surface area contributed by atoms with Gasteiger partial charge >= 0.3 is 5.97 Å². The van der Waals surface area contributed by atoms with Crippen molar-refractivity contribution < 1.29 is 28.4 Å². The summed E-state index contributed by atoms with van der Waals surface area (Å²) in [7, 11) is 0. The molecule has 0 spiro atoms. The molecule has 0 rings (SSSR count). The van der Waals surface area contributed by atoms with Gasteiger partial charge in [0.25, 0.3) is 0 Å². The first-order valence-electron chi connectivity index (χ1n) is 2.70. The highest BCUT2D eigenvalue weighted by atomic mass is 79.9. The molecule has 0 atom stereocenters. The van der Waals surface area contributed by atoms with Gasteiger partial charge in [0.15, 0.2) is 0 Å².